The molecule has 10 heteroatoms. The largest absolute Gasteiger partial charge is 0.451 e. The first kappa shape index (κ1) is 15.3. The summed E-state index contributed by atoms with van der Waals surface area (Å²) in [6.45, 7) is 1.51. The van der Waals surface area contributed by atoms with Crippen LogP contribution >= 0.6 is 0 Å². The third-order valence-corrected chi connectivity index (χ3v) is 2.60. The van der Waals surface area contributed by atoms with Crippen LogP contribution in [0, 0.1) is 0 Å². The molecule has 0 aliphatic carbocycles. The van der Waals surface area contributed by atoms with Gasteiger partial charge in [0.05, 0.1) is 12.4 Å². The minimum absolute atomic E-state index is 0.0672. The molecule has 4 nitrogen and oxygen atoms in total. The molecule has 0 atom stereocenters. The highest BCUT2D eigenvalue weighted by molar-refractivity contribution is 5.29. The molecule has 0 saturated carbocycles. The van der Waals surface area contributed by atoms with Crippen molar-refractivity contribution < 1.29 is 26.3 Å². The van der Waals surface area contributed by atoms with E-state index in [0.29, 0.717) is 0 Å². The number of alkyl halides is 6. The van der Waals surface area contributed by atoms with Gasteiger partial charge in [0, 0.05) is 11.8 Å². The number of hydrogen-bond donors (Lipinski definition) is 0. The fourth-order valence-corrected chi connectivity index (χ4v) is 1.63. The van der Waals surface area contributed by atoms with Crippen molar-refractivity contribution >= 4 is 0 Å². The van der Waals surface area contributed by atoms with Crippen molar-refractivity contribution in [1.82, 2.24) is 19.7 Å². The Morgan fingerprint density at radius 3 is 1.95 bits per heavy atom. The molecule has 21 heavy (non-hydrogen) atoms. The molecule has 114 valence electrons. The fraction of sp³-hybridized carbons (Fsp3) is 0.364. The Labute approximate surface area is 114 Å². The SMILES string of the molecule is CCc1cn(-c2cnc(C(F)(F)F)nc2)nc1C(F)(F)F. The molecule has 0 unspecified atom stereocenters. The average Bonchev–Trinajstić information content (AvgIpc) is 2.82. The molecule has 0 spiro atoms. The van der Waals surface area contributed by atoms with Crippen LogP contribution in [0.15, 0.2) is 18.6 Å². The molecule has 0 saturated heterocycles. The Morgan fingerprint density at radius 2 is 1.57 bits per heavy atom. The normalized spacial score (nSPS) is 12.7. The van der Waals surface area contributed by atoms with E-state index in [2.05, 4.69) is 15.1 Å². The van der Waals surface area contributed by atoms with Gasteiger partial charge in [0.1, 0.15) is 5.69 Å². The van der Waals surface area contributed by atoms with Crippen LogP contribution in [-0.4, -0.2) is 19.7 Å². The zero-order valence-electron chi connectivity index (χ0n) is 10.5. The van der Waals surface area contributed by atoms with Crippen LogP contribution in [0.3, 0.4) is 0 Å². The fourth-order valence-electron chi connectivity index (χ4n) is 1.63. The Balaban J connectivity index is 2.41. The second-order valence-corrected chi connectivity index (χ2v) is 4.06. The first-order valence-electron chi connectivity index (χ1n) is 5.68. The number of aromatic nitrogens is 4. The lowest BCUT2D eigenvalue weighted by Gasteiger charge is -2.05. The third kappa shape index (κ3) is 3.14. The number of halogens is 6. The minimum atomic E-state index is -4.71. The second kappa shape index (κ2) is 5.01. The van der Waals surface area contributed by atoms with Crippen LogP contribution in [0.1, 0.15) is 24.0 Å². The molecule has 0 bridgehead atoms. The summed E-state index contributed by atoms with van der Waals surface area (Å²) >= 11 is 0. The topological polar surface area (TPSA) is 43.6 Å². The van der Waals surface area contributed by atoms with Crippen LogP contribution in [0.25, 0.3) is 5.69 Å². The zero-order valence-corrected chi connectivity index (χ0v) is 10.5. The monoisotopic (exact) mass is 310 g/mol. The molecule has 0 aliphatic rings. The first-order chi connectivity index (χ1) is 9.63. The van der Waals surface area contributed by atoms with E-state index in [1.165, 1.54) is 6.92 Å². The van der Waals surface area contributed by atoms with Gasteiger partial charge >= 0.3 is 12.4 Å². The molecule has 0 aromatic carbocycles. The zero-order chi connectivity index (χ0) is 15.8. The average molecular weight is 310 g/mol. The Morgan fingerprint density at radius 1 is 1.00 bits per heavy atom. The summed E-state index contributed by atoms with van der Waals surface area (Å²) in [7, 11) is 0. The van der Waals surface area contributed by atoms with E-state index in [-0.39, 0.29) is 17.7 Å². The van der Waals surface area contributed by atoms with Crippen molar-refractivity contribution in [1.29, 1.82) is 0 Å². The van der Waals surface area contributed by atoms with E-state index >= 15 is 0 Å². The molecule has 0 N–H and O–H groups in total. The Kier molecular flexibility index (Phi) is 3.64. The molecule has 0 radical (unpaired) electrons. The van der Waals surface area contributed by atoms with E-state index in [1.54, 1.807) is 0 Å². The van der Waals surface area contributed by atoms with Gasteiger partial charge in [0.2, 0.25) is 5.82 Å². The summed E-state index contributed by atoms with van der Waals surface area (Å²) in [5, 5.41) is 3.34. The lowest BCUT2D eigenvalue weighted by Crippen LogP contribution is -2.12. The van der Waals surface area contributed by atoms with Crippen molar-refractivity contribution in [3.63, 3.8) is 0 Å². The van der Waals surface area contributed by atoms with Crippen LogP contribution in [0.4, 0.5) is 26.3 Å². The summed E-state index contributed by atoms with van der Waals surface area (Å²) in [6, 6.07) is 0. The molecule has 2 aromatic rings. The maximum absolute atomic E-state index is 12.7. The number of hydrogen-bond acceptors (Lipinski definition) is 3. The Hall–Kier alpha value is -2.13. The maximum Gasteiger partial charge on any atom is 0.451 e. The lowest BCUT2D eigenvalue weighted by molar-refractivity contribution is -0.145. The van der Waals surface area contributed by atoms with E-state index in [1.807, 2.05) is 0 Å². The second-order valence-electron chi connectivity index (χ2n) is 4.06. The summed E-state index contributed by atoms with van der Waals surface area (Å²) in [5.41, 5.74) is -1.24. The van der Waals surface area contributed by atoms with Gasteiger partial charge in [-0.15, -0.1) is 0 Å². The van der Waals surface area contributed by atoms with Gasteiger partial charge in [0.25, 0.3) is 0 Å². The summed E-state index contributed by atoms with van der Waals surface area (Å²) in [4.78, 5) is 6.15. The molecular weight excluding hydrogens is 302 g/mol. The van der Waals surface area contributed by atoms with E-state index in [4.69, 9.17) is 0 Å². The number of rotatable bonds is 2. The smallest absolute Gasteiger partial charge is 0.237 e. The predicted molar refractivity (Wildman–Crippen MR) is 58.5 cm³/mol. The van der Waals surface area contributed by atoms with Crippen LogP contribution in [0.5, 0.6) is 0 Å². The first-order valence-corrected chi connectivity index (χ1v) is 5.68. The van der Waals surface area contributed by atoms with E-state index in [9.17, 15) is 26.3 Å². The van der Waals surface area contributed by atoms with Crippen molar-refractivity contribution in [2.24, 2.45) is 0 Å². The van der Waals surface area contributed by atoms with Crippen molar-refractivity contribution in [2.75, 3.05) is 0 Å². The van der Waals surface area contributed by atoms with Crippen LogP contribution in [0.2, 0.25) is 0 Å². The molecule has 0 fully saturated rings. The molecule has 2 heterocycles. The van der Waals surface area contributed by atoms with E-state index in [0.717, 1.165) is 23.3 Å². The lowest BCUT2D eigenvalue weighted by atomic mass is 10.2. The van der Waals surface area contributed by atoms with Gasteiger partial charge in [-0.3, -0.25) is 0 Å². The highest BCUT2D eigenvalue weighted by Crippen LogP contribution is 2.31. The van der Waals surface area contributed by atoms with Crippen LogP contribution < -0.4 is 0 Å². The van der Waals surface area contributed by atoms with Gasteiger partial charge in [-0.2, -0.15) is 31.4 Å². The highest BCUT2D eigenvalue weighted by Gasteiger charge is 2.37. The standard InChI is InChI=1S/C11H8F6N4/c1-2-6-5-21(20-8(6)10(12,13)14)7-3-18-9(19-4-7)11(15,16)17/h3-5H,2H2,1H3. The predicted octanol–water partition coefficient (Wildman–Crippen LogP) is 3.26. The summed E-state index contributed by atoms with van der Waals surface area (Å²) in [5.74, 6) is -1.37. The van der Waals surface area contributed by atoms with Gasteiger partial charge < -0.3 is 0 Å². The van der Waals surface area contributed by atoms with Gasteiger partial charge in [0.15, 0.2) is 5.69 Å². The number of nitrogens with zero attached hydrogens (tertiary/aromatic N) is 4. The molecule has 0 amide bonds. The van der Waals surface area contributed by atoms with Crippen molar-refractivity contribution in [3.05, 3.63) is 35.7 Å². The Bertz CT molecular complexity index is 626. The van der Waals surface area contributed by atoms with Gasteiger partial charge in [-0.05, 0) is 6.42 Å². The maximum atomic E-state index is 12.7. The number of aryl methyl sites for hydroxylation is 1. The molecule has 2 aromatic heterocycles. The quantitative estimate of drug-likeness (QED) is 0.800. The third-order valence-electron chi connectivity index (χ3n) is 2.60. The minimum Gasteiger partial charge on any atom is -0.237 e. The van der Waals surface area contributed by atoms with Gasteiger partial charge in [-0.1, -0.05) is 6.92 Å². The molecule has 2 rings (SSSR count). The van der Waals surface area contributed by atoms with Gasteiger partial charge in [-0.25, -0.2) is 14.6 Å². The summed E-state index contributed by atoms with van der Waals surface area (Å²) < 4.78 is 75.9. The highest BCUT2D eigenvalue weighted by atomic mass is 19.4. The van der Waals surface area contributed by atoms with E-state index < -0.39 is 23.9 Å². The van der Waals surface area contributed by atoms with Crippen LogP contribution in [-0.2, 0) is 18.8 Å². The molecular formula is C11H8F6N4. The molecule has 0 aliphatic heterocycles. The summed E-state index contributed by atoms with van der Waals surface area (Å²) in [6.07, 6.45) is -6.65. The van der Waals surface area contributed by atoms with Crippen molar-refractivity contribution in [2.45, 2.75) is 25.7 Å². The van der Waals surface area contributed by atoms with Crippen molar-refractivity contribution in [3.8, 4) is 5.69 Å².